The topological polar surface area (TPSA) is 73.8 Å². The van der Waals surface area contributed by atoms with Gasteiger partial charge in [0.2, 0.25) is 5.91 Å². The van der Waals surface area contributed by atoms with Crippen LogP contribution >= 0.6 is 12.2 Å². The highest BCUT2D eigenvalue weighted by molar-refractivity contribution is 7.80. The fourth-order valence-electron chi connectivity index (χ4n) is 4.81. The SMILES string of the molecule is CCOc1ccc(NC(=S)NCC(=O)N2CCC(C(O)(c3ccccc3)c3ccccc3)CC2)cc1. The molecule has 1 fully saturated rings. The van der Waals surface area contributed by atoms with Crippen LogP contribution in [0.3, 0.4) is 0 Å². The highest BCUT2D eigenvalue weighted by atomic mass is 32.1. The molecule has 3 N–H and O–H groups in total. The molecule has 6 nitrogen and oxygen atoms in total. The average molecular weight is 504 g/mol. The highest BCUT2D eigenvalue weighted by Crippen LogP contribution is 2.41. The van der Waals surface area contributed by atoms with E-state index in [2.05, 4.69) is 10.6 Å². The number of carbonyl (C=O) groups is 1. The minimum absolute atomic E-state index is 0.00158. The largest absolute Gasteiger partial charge is 0.494 e. The van der Waals surface area contributed by atoms with Crippen molar-refractivity contribution in [2.24, 2.45) is 5.92 Å². The summed E-state index contributed by atoms with van der Waals surface area (Å²) in [5.41, 5.74) is 1.49. The fraction of sp³-hybridized carbons (Fsp3) is 0.310. The lowest BCUT2D eigenvalue weighted by atomic mass is 9.72. The Morgan fingerprint density at radius 2 is 1.53 bits per heavy atom. The first-order chi connectivity index (χ1) is 17.5. The standard InChI is InChI=1S/C29H33N3O3S/c1-2-35-26-15-13-25(14-16-26)31-28(36)30-21-27(33)32-19-17-24(18-20-32)29(34,22-9-5-3-6-10-22)23-11-7-4-8-12-23/h3-16,24,34H,2,17-21H2,1H3,(H2,30,31,36). The molecule has 1 amide bonds. The van der Waals surface area contributed by atoms with Crippen molar-refractivity contribution in [2.45, 2.75) is 25.4 Å². The van der Waals surface area contributed by atoms with E-state index in [0.717, 1.165) is 22.6 Å². The Labute approximate surface area is 218 Å². The number of amides is 1. The van der Waals surface area contributed by atoms with E-state index in [1.165, 1.54) is 0 Å². The number of ether oxygens (including phenoxy) is 1. The second-order valence-electron chi connectivity index (χ2n) is 8.92. The lowest BCUT2D eigenvalue weighted by Gasteiger charge is -2.42. The predicted molar refractivity (Wildman–Crippen MR) is 147 cm³/mol. The molecule has 0 atom stereocenters. The van der Waals surface area contributed by atoms with Crippen LogP contribution in [-0.2, 0) is 10.4 Å². The van der Waals surface area contributed by atoms with Crippen LogP contribution in [0.2, 0.25) is 0 Å². The third-order valence-electron chi connectivity index (χ3n) is 6.69. The Bertz CT molecular complexity index is 1090. The van der Waals surface area contributed by atoms with Gasteiger partial charge < -0.3 is 25.4 Å². The van der Waals surface area contributed by atoms with Crippen molar-refractivity contribution in [3.05, 3.63) is 96.1 Å². The van der Waals surface area contributed by atoms with Crippen molar-refractivity contribution in [3.63, 3.8) is 0 Å². The second kappa shape index (κ2) is 12.0. The van der Waals surface area contributed by atoms with E-state index in [1.807, 2.05) is 96.8 Å². The molecule has 4 rings (SSSR count). The number of rotatable bonds is 8. The molecule has 0 spiro atoms. The Hall–Kier alpha value is -3.42. The number of anilines is 1. The van der Waals surface area contributed by atoms with Crippen LogP contribution < -0.4 is 15.4 Å². The summed E-state index contributed by atoms with van der Waals surface area (Å²) in [6.07, 6.45) is 1.42. The third-order valence-corrected chi connectivity index (χ3v) is 6.94. The third kappa shape index (κ3) is 6.04. The maximum Gasteiger partial charge on any atom is 0.241 e. The molecule has 1 aliphatic heterocycles. The first kappa shape index (κ1) is 25.7. The number of hydrogen-bond donors (Lipinski definition) is 3. The Balaban J connectivity index is 1.32. The normalized spacial score (nSPS) is 14.2. The molecule has 188 valence electrons. The van der Waals surface area contributed by atoms with Gasteiger partial charge in [0.05, 0.1) is 13.2 Å². The van der Waals surface area contributed by atoms with Gasteiger partial charge >= 0.3 is 0 Å². The zero-order chi connectivity index (χ0) is 25.4. The molecule has 36 heavy (non-hydrogen) atoms. The quantitative estimate of drug-likeness (QED) is 0.392. The first-order valence-electron chi connectivity index (χ1n) is 12.4. The summed E-state index contributed by atoms with van der Waals surface area (Å²) in [4.78, 5) is 14.7. The minimum atomic E-state index is -1.10. The van der Waals surface area contributed by atoms with E-state index in [0.29, 0.717) is 37.7 Å². The van der Waals surface area contributed by atoms with E-state index in [9.17, 15) is 9.90 Å². The number of benzene rings is 3. The highest BCUT2D eigenvalue weighted by Gasteiger charge is 2.42. The summed E-state index contributed by atoms with van der Waals surface area (Å²) in [7, 11) is 0. The number of carbonyl (C=O) groups excluding carboxylic acids is 1. The van der Waals surface area contributed by atoms with Crippen LogP contribution in [0, 0.1) is 5.92 Å². The monoisotopic (exact) mass is 503 g/mol. The maximum atomic E-state index is 12.9. The summed E-state index contributed by atoms with van der Waals surface area (Å²) in [5.74, 6) is 0.793. The summed E-state index contributed by atoms with van der Waals surface area (Å²) in [6, 6.07) is 27.2. The van der Waals surface area contributed by atoms with Crippen molar-refractivity contribution in [1.82, 2.24) is 10.2 Å². The van der Waals surface area contributed by atoms with Gasteiger partial charge in [-0.2, -0.15) is 0 Å². The lowest BCUT2D eigenvalue weighted by molar-refractivity contribution is -0.132. The van der Waals surface area contributed by atoms with Gasteiger partial charge in [0.1, 0.15) is 11.4 Å². The Morgan fingerprint density at radius 3 is 2.06 bits per heavy atom. The summed E-state index contributed by atoms with van der Waals surface area (Å²) in [6.45, 7) is 3.86. The van der Waals surface area contributed by atoms with Gasteiger partial charge in [-0.15, -0.1) is 0 Å². The molecule has 0 aliphatic carbocycles. The van der Waals surface area contributed by atoms with E-state index in [1.54, 1.807) is 0 Å². The van der Waals surface area contributed by atoms with E-state index in [-0.39, 0.29) is 18.4 Å². The predicted octanol–water partition coefficient (Wildman–Crippen LogP) is 4.55. The Morgan fingerprint density at radius 1 is 0.972 bits per heavy atom. The maximum absolute atomic E-state index is 12.9. The Kier molecular flexibility index (Phi) is 8.57. The summed E-state index contributed by atoms with van der Waals surface area (Å²) >= 11 is 5.36. The summed E-state index contributed by atoms with van der Waals surface area (Å²) < 4.78 is 5.45. The first-order valence-corrected chi connectivity index (χ1v) is 12.8. The second-order valence-corrected chi connectivity index (χ2v) is 9.33. The number of aliphatic hydroxyl groups is 1. The van der Waals surface area contributed by atoms with Crippen molar-refractivity contribution < 1.29 is 14.6 Å². The number of likely N-dealkylation sites (tertiary alicyclic amines) is 1. The van der Waals surface area contributed by atoms with Crippen LogP contribution in [0.25, 0.3) is 0 Å². The van der Waals surface area contributed by atoms with Gasteiger partial charge in [-0.1, -0.05) is 60.7 Å². The molecule has 3 aromatic carbocycles. The molecule has 1 aliphatic rings. The fourth-order valence-corrected chi connectivity index (χ4v) is 5.00. The molecule has 0 bridgehead atoms. The molecular weight excluding hydrogens is 470 g/mol. The van der Waals surface area contributed by atoms with E-state index >= 15 is 0 Å². The van der Waals surface area contributed by atoms with Gasteiger partial charge in [0.25, 0.3) is 0 Å². The van der Waals surface area contributed by atoms with Crippen LogP contribution in [0.15, 0.2) is 84.9 Å². The van der Waals surface area contributed by atoms with Gasteiger partial charge in [-0.05, 0) is 73.3 Å². The number of piperidine rings is 1. The van der Waals surface area contributed by atoms with Crippen molar-refractivity contribution in [2.75, 3.05) is 31.6 Å². The number of hydrogen-bond acceptors (Lipinski definition) is 4. The number of nitrogens with one attached hydrogen (secondary N) is 2. The lowest BCUT2D eigenvalue weighted by Crippen LogP contribution is -2.48. The molecule has 0 aromatic heterocycles. The van der Waals surface area contributed by atoms with E-state index < -0.39 is 5.60 Å². The zero-order valence-electron chi connectivity index (χ0n) is 20.5. The zero-order valence-corrected chi connectivity index (χ0v) is 21.3. The van der Waals surface area contributed by atoms with Crippen LogP contribution in [0.5, 0.6) is 5.75 Å². The molecule has 0 radical (unpaired) electrons. The van der Waals surface area contributed by atoms with Crippen LogP contribution in [0.1, 0.15) is 30.9 Å². The average Bonchev–Trinajstić information content (AvgIpc) is 2.93. The molecule has 7 heteroatoms. The van der Waals surface area contributed by atoms with Crippen LogP contribution in [-0.4, -0.2) is 47.3 Å². The smallest absolute Gasteiger partial charge is 0.241 e. The molecular formula is C29H33N3O3S. The van der Waals surface area contributed by atoms with Gasteiger partial charge in [-0.25, -0.2) is 0 Å². The van der Waals surface area contributed by atoms with Crippen molar-refractivity contribution >= 4 is 28.9 Å². The summed E-state index contributed by atoms with van der Waals surface area (Å²) in [5, 5.41) is 18.5. The molecule has 1 heterocycles. The number of thiocarbonyl (C=S) groups is 1. The molecule has 1 saturated heterocycles. The van der Waals surface area contributed by atoms with Gasteiger partial charge in [-0.3, -0.25) is 4.79 Å². The molecule has 3 aromatic rings. The van der Waals surface area contributed by atoms with Crippen LogP contribution in [0.4, 0.5) is 5.69 Å². The van der Waals surface area contributed by atoms with Gasteiger partial charge in [0, 0.05) is 18.8 Å². The van der Waals surface area contributed by atoms with Crippen molar-refractivity contribution in [1.29, 1.82) is 0 Å². The molecule has 0 saturated carbocycles. The van der Waals surface area contributed by atoms with Crippen molar-refractivity contribution in [3.8, 4) is 5.75 Å². The molecule has 0 unspecified atom stereocenters. The van der Waals surface area contributed by atoms with Gasteiger partial charge in [0.15, 0.2) is 5.11 Å². The number of nitrogens with zero attached hydrogens (tertiary/aromatic N) is 1. The van der Waals surface area contributed by atoms with E-state index in [4.69, 9.17) is 17.0 Å². The minimum Gasteiger partial charge on any atom is -0.494 e.